The fourth-order valence-corrected chi connectivity index (χ4v) is 25.0. The Kier molecular flexibility index (Phi) is 29.8. The number of hydrogen-bond acceptors (Lipinski definition) is 6. The van der Waals surface area contributed by atoms with Crippen LogP contribution in [0.3, 0.4) is 0 Å². The topological polar surface area (TPSA) is 62.5 Å². The predicted octanol–water partition coefficient (Wildman–Crippen LogP) is 21.1. The van der Waals surface area contributed by atoms with E-state index in [-0.39, 0.29) is 27.9 Å². The first kappa shape index (κ1) is 74.8. The van der Waals surface area contributed by atoms with Gasteiger partial charge in [0.05, 0.1) is 40.5 Å². The van der Waals surface area contributed by atoms with E-state index in [0.29, 0.717) is 23.0 Å². The van der Waals surface area contributed by atoms with E-state index in [1.807, 2.05) is 42.6 Å². The molecule has 6 nitrogen and oxygen atoms in total. The fraction of sp³-hybridized carbons (Fsp3) is 0.235. The van der Waals surface area contributed by atoms with Gasteiger partial charge in [0.2, 0.25) is 0 Å². The van der Waals surface area contributed by atoms with Gasteiger partial charge in [0.15, 0.2) is 0 Å². The Hall–Kier alpha value is -5.44. The minimum atomic E-state index is -1.63. The Labute approximate surface area is 608 Å². The van der Waals surface area contributed by atoms with Gasteiger partial charge in [0.25, 0.3) is 0 Å². The molecule has 2 fully saturated rings. The summed E-state index contributed by atoms with van der Waals surface area (Å²) in [4.78, 5) is 32.3. The Bertz CT molecular complexity index is 3980. The SMILES string of the molecule is COC(=O)c1ccc2c(C3CCCCC3)c(-c3cccs3)n(C)c2c1.COC(=O)c1ccc2c(C3CCCCC3)c(Br)n(C)c2c1.[CH3][Sn]([CH3])([CH3])[c]1cccs1.[Cl][Pd][Cl].c1ccc(P(c2ccccc2)c2ccccc2)cc1.c1ccc(P(c2ccccc2)c2ccccc2)cc1. The number of rotatable bonds is 12. The van der Waals surface area contributed by atoms with Crippen LogP contribution in [0.25, 0.3) is 32.4 Å². The van der Waals surface area contributed by atoms with Crippen LogP contribution in [-0.4, -0.2) is 53.7 Å². The summed E-state index contributed by atoms with van der Waals surface area (Å²) in [6.07, 6.45) is 13.0. The van der Waals surface area contributed by atoms with Crippen LogP contribution < -0.4 is 34.7 Å². The van der Waals surface area contributed by atoms with Crippen LogP contribution in [-0.2, 0) is 39.5 Å². The number of methoxy groups -OCH3 is 2. The van der Waals surface area contributed by atoms with Crippen LogP contribution in [0.2, 0.25) is 14.8 Å². The normalized spacial score (nSPS) is 13.2. The Morgan fingerprint density at radius 2 is 0.792 bits per heavy atom. The first-order valence-corrected chi connectivity index (χ1v) is 51.9. The Morgan fingerprint density at radius 1 is 0.458 bits per heavy atom. The zero-order valence-electron chi connectivity index (χ0n) is 55.7. The number of aromatic nitrogens is 2. The number of nitrogens with zero attached hydrogens (tertiary/aromatic N) is 2. The summed E-state index contributed by atoms with van der Waals surface area (Å²) in [5.41, 5.74) is 7.62. The molecule has 0 unspecified atom stereocenters. The second kappa shape index (κ2) is 38.2. The molecule has 0 amide bonds. The number of halogens is 3. The van der Waals surface area contributed by atoms with Gasteiger partial charge in [-0.3, -0.25) is 0 Å². The van der Waals surface area contributed by atoms with Crippen molar-refractivity contribution in [3.8, 4) is 10.6 Å². The second-order valence-corrected chi connectivity index (χ2v) is 49.5. The van der Waals surface area contributed by atoms with E-state index in [2.05, 4.69) is 276 Å². The van der Waals surface area contributed by atoms with Crippen LogP contribution in [0, 0.1) is 0 Å². The second-order valence-electron chi connectivity index (χ2n) is 24.6. The van der Waals surface area contributed by atoms with Crippen molar-refractivity contribution < 1.29 is 35.0 Å². The number of fused-ring (bicyclic) bond motifs is 2. The summed E-state index contributed by atoms with van der Waals surface area (Å²) >= 11 is 5.73. The minimum Gasteiger partial charge on any atom is -0.0622 e. The average molecular weight is 1650 g/mol. The first-order chi connectivity index (χ1) is 46.8. The molecule has 500 valence electrons. The quantitative estimate of drug-likeness (QED) is 0.0695. The van der Waals surface area contributed by atoms with Crippen LogP contribution >= 0.6 is 73.5 Å². The van der Waals surface area contributed by atoms with E-state index in [4.69, 9.17) is 28.5 Å². The van der Waals surface area contributed by atoms with Gasteiger partial charge in [-0.2, -0.15) is 0 Å². The average Bonchev–Trinajstić information content (AvgIpc) is 1.60. The predicted molar refractivity (Wildman–Crippen MR) is 420 cm³/mol. The van der Waals surface area contributed by atoms with Gasteiger partial charge < -0.3 is 18.6 Å². The molecule has 2 aliphatic rings. The van der Waals surface area contributed by atoms with Crippen molar-refractivity contribution >= 4 is 160 Å². The van der Waals surface area contributed by atoms with Crippen molar-refractivity contribution in [2.45, 2.75) is 90.9 Å². The van der Waals surface area contributed by atoms with Gasteiger partial charge in [0, 0.05) is 35.9 Å². The third kappa shape index (κ3) is 19.9. The van der Waals surface area contributed by atoms with E-state index in [1.54, 1.807) is 14.2 Å². The summed E-state index contributed by atoms with van der Waals surface area (Å²) in [7, 11) is 15.7. The monoisotopic (exact) mass is 1650 g/mol. The van der Waals surface area contributed by atoms with Crippen molar-refractivity contribution in [1.29, 1.82) is 0 Å². The zero-order chi connectivity index (χ0) is 67.8. The van der Waals surface area contributed by atoms with Gasteiger partial charge >= 0.3 is 112 Å². The molecule has 4 aromatic heterocycles. The van der Waals surface area contributed by atoms with Crippen molar-refractivity contribution in [3.05, 3.63) is 280 Å². The molecule has 8 aromatic carbocycles. The third-order valence-corrected chi connectivity index (χ3v) is 34.6. The Morgan fingerprint density at radius 3 is 1.10 bits per heavy atom. The van der Waals surface area contributed by atoms with E-state index >= 15 is 0 Å². The van der Waals surface area contributed by atoms with Crippen LogP contribution in [0.15, 0.2) is 258 Å². The molecule has 0 N–H and O–H groups in total. The van der Waals surface area contributed by atoms with Gasteiger partial charge in [0.1, 0.15) is 0 Å². The number of hydrogen-bond donors (Lipinski definition) is 0. The van der Waals surface area contributed by atoms with Crippen LogP contribution in [0.4, 0.5) is 0 Å². The molecule has 15 heteroatoms. The third-order valence-electron chi connectivity index (χ3n) is 17.4. The van der Waals surface area contributed by atoms with Crippen LogP contribution in [0.1, 0.15) is 108 Å². The summed E-state index contributed by atoms with van der Waals surface area (Å²) in [5, 5.41) is 15.2. The van der Waals surface area contributed by atoms with E-state index in [0.717, 1.165) is 15.6 Å². The number of benzene rings is 8. The molecule has 0 atom stereocenters. The number of ether oxygens (including phenoxy) is 2. The van der Waals surface area contributed by atoms with Crippen molar-refractivity contribution in [2.24, 2.45) is 14.1 Å². The molecule has 0 aliphatic heterocycles. The number of carbonyl (C=O) groups is 2. The van der Waals surface area contributed by atoms with Gasteiger partial charge in [-0.15, -0.1) is 11.3 Å². The molecule has 0 saturated heterocycles. The fourth-order valence-electron chi connectivity index (χ4n) is 12.7. The summed E-state index contributed by atoms with van der Waals surface area (Å²) in [6, 6.07) is 85.3. The maximum absolute atomic E-state index is 12.0. The van der Waals surface area contributed by atoms with E-state index in [9.17, 15) is 9.59 Å². The van der Waals surface area contributed by atoms with Gasteiger partial charge in [-0.1, -0.05) is 239 Å². The van der Waals surface area contributed by atoms with Crippen molar-refractivity contribution in [3.63, 3.8) is 0 Å². The van der Waals surface area contributed by atoms with E-state index < -0.39 is 34.2 Å². The maximum atomic E-state index is 12.0. The molecule has 2 saturated carbocycles. The molecule has 0 spiro atoms. The molecule has 96 heavy (non-hydrogen) atoms. The van der Waals surface area contributed by atoms with Gasteiger partial charge in [-0.05, 0) is 148 Å². The summed E-state index contributed by atoms with van der Waals surface area (Å²) in [6.45, 7) is 0. The summed E-state index contributed by atoms with van der Waals surface area (Å²) in [5.74, 6) is 0.674. The molecular weight excluding hydrogens is 1570 g/mol. The largest absolute Gasteiger partial charge is 0.0622 e. The molecule has 12 aromatic rings. The zero-order valence-corrected chi connectivity index (χ0v) is 66.6. The number of carbonyl (C=O) groups excluding carboxylic acids is 2. The number of aryl methyl sites for hydroxylation is 2. The maximum Gasteiger partial charge on any atom is -0.0134 e. The molecular formula is C81H85BrCl2N2O4P2PdS2Sn. The molecule has 2 aliphatic carbocycles. The molecule has 0 bridgehead atoms. The van der Waals surface area contributed by atoms with Gasteiger partial charge in [-0.25, -0.2) is 9.59 Å². The summed E-state index contributed by atoms with van der Waals surface area (Å²) < 4.78 is 16.9. The van der Waals surface area contributed by atoms with Crippen LogP contribution in [0.5, 0.6) is 0 Å². The smallest absolute Gasteiger partial charge is 0.0134 e. The molecule has 0 radical (unpaired) electrons. The van der Waals surface area contributed by atoms with Crippen molar-refractivity contribution in [2.75, 3.05) is 14.2 Å². The first-order valence-electron chi connectivity index (χ1n) is 32.6. The standard InChI is InChI=1S/C21H23NO2S.2C18H15P.C17H20BrNO2.C4H3S.3CH3.2ClH.Pd.Sn/c1-22-17-13-15(21(23)24-2)10-11-16(17)19(14-7-4-3-5-8-14)20(22)18-9-6-12-25-18;2*1-4-10-16(11-5-1)19(17-12-6-2-7-13-17)18-14-8-3-9-15-18;1-19-14-10-12(17(20)21-2)8-9-13(14)15(16(19)18)11-6-4-3-5-7-11;1-2-4-5-3-1;;;;;;;/h6,9-14H,3-5,7-8H2,1-2H3;2*1-15H;8-11H,3-7H2,1-2H3;1-3H;3*1H3;2*1H;;/q;;;;;;;;;;+2;/p-2. The van der Waals surface area contributed by atoms with Crippen molar-refractivity contribution in [1.82, 2.24) is 9.13 Å². The molecule has 14 rings (SSSR count). The molecule has 4 heterocycles. The van der Waals surface area contributed by atoms with E-state index in [1.165, 1.54) is 143 Å². The number of thiophene rings is 2. The number of esters is 2. The minimum absolute atomic E-state index is 0.106. The Balaban J connectivity index is 0.000000143.